The van der Waals surface area contributed by atoms with Crippen molar-refractivity contribution in [2.75, 3.05) is 6.61 Å². The summed E-state index contributed by atoms with van der Waals surface area (Å²) in [5, 5.41) is 0.684. The number of rotatable bonds is 4. The highest BCUT2D eigenvalue weighted by Gasteiger charge is 2.13. The van der Waals surface area contributed by atoms with E-state index in [9.17, 15) is 4.79 Å². The molecule has 0 saturated carbocycles. The molecule has 0 aliphatic heterocycles. The van der Waals surface area contributed by atoms with Crippen LogP contribution in [-0.2, 0) is 11.2 Å². The van der Waals surface area contributed by atoms with E-state index in [1.54, 1.807) is 13.8 Å². The maximum atomic E-state index is 11.7. The van der Waals surface area contributed by atoms with E-state index in [1.807, 2.05) is 24.3 Å². The van der Waals surface area contributed by atoms with Gasteiger partial charge in [0, 0.05) is 17.6 Å². The molecule has 0 spiro atoms. The molecule has 0 atom stereocenters. The second-order valence-corrected chi connectivity index (χ2v) is 4.68. The molecule has 0 radical (unpaired) electrons. The average molecular weight is 291 g/mol. The second kappa shape index (κ2) is 6.48. The average Bonchev–Trinajstić information content (AvgIpc) is 2.42. The van der Waals surface area contributed by atoms with Gasteiger partial charge in [-0.1, -0.05) is 29.8 Å². The van der Waals surface area contributed by atoms with Gasteiger partial charge in [0.25, 0.3) is 0 Å². The van der Waals surface area contributed by atoms with E-state index in [0.29, 0.717) is 35.1 Å². The molecule has 0 fully saturated rings. The van der Waals surface area contributed by atoms with Crippen molar-refractivity contribution in [3.05, 3.63) is 58.1 Å². The normalized spacial score (nSPS) is 10.3. The summed E-state index contributed by atoms with van der Waals surface area (Å²) in [6.45, 7) is 3.86. The van der Waals surface area contributed by atoms with Crippen molar-refractivity contribution >= 4 is 17.6 Å². The Morgan fingerprint density at radius 1 is 1.35 bits per heavy atom. The first-order valence-electron chi connectivity index (χ1n) is 6.35. The van der Waals surface area contributed by atoms with Crippen molar-refractivity contribution in [3.63, 3.8) is 0 Å². The molecule has 4 nitrogen and oxygen atoms in total. The monoisotopic (exact) mass is 290 g/mol. The summed E-state index contributed by atoms with van der Waals surface area (Å²) in [4.78, 5) is 20.2. The predicted octanol–water partition coefficient (Wildman–Crippen LogP) is 3.21. The van der Waals surface area contributed by atoms with Crippen molar-refractivity contribution in [1.82, 2.24) is 9.97 Å². The summed E-state index contributed by atoms with van der Waals surface area (Å²) in [5.74, 6) is 0.234. The maximum Gasteiger partial charge on any atom is 0.341 e. The molecule has 2 rings (SSSR count). The molecule has 20 heavy (non-hydrogen) atoms. The molecule has 0 saturated heterocycles. The number of carbonyl (C=O) groups excluding carboxylic acids is 1. The minimum absolute atomic E-state index is 0.333. The van der Waals surface area contributed by atoms with Crippen LogP contribution in [-0.4, -0.2) is 22.5 Å². The number of aromatic nitrogens is 2. The highest BCUT2D eigenvalue weighted by molar-refractivity contribution is 6.31. The van der Waals surface area contributed by atoms with Gasteiger partial charge in [0.05, 0.1) is 17.9 Å². The third kappa shape index (κ3) is 3.33. The van der Waals surface area contributed by atoms with Crippen LogP contribution in [0.2, 0.25) is 5.02 Å². The number of aryl methyl sites for hydroxylation is 1. The van der Waals surface area contributed by atoms with Gasteiger partial charge in [-0.25, -0.2) is 14.8 Å². The van der Waals surface area contributed by atoms with Crippen LogP contribution in [0.4, 0.5) is 0 Å². The Hall–Kier alpha value is -1.94. The number of halogens is 1. The quantitative estimate of drug-likeness (QED) is 0.811. The highest BCUT2D eigenvalue weighted by atomic mass is 35.5. The van der Waals surface area contributed by atoms with E-state index in [4.69, 9.17) is 16.3 Å². The lowest BCUT2D eigenvalue weighted by Crippen LogP contribution is -2.10. The number of nitrogens with zero attached hydrogens (tertiary/aromatic N) is 2. The molecule has 104 valence electrons. The molecule has 0 aliphatic carbocycles. The van der Waals surface area contributed by atoms with Crippen LogP contribution < -0.4 is 0 Å². The first-order valence-corrected chi connectivity index (χ1v) is 6.72. The van der Waals surface area contributed by atoms with Gasteiger partial charge in [0.1, 0.15) is 5.82 Å². The third-order valence-electron chi connectivity index (χ3n) is 2.83. The fourth-order valence-electron chi connectivity index (χ4n) is 1.82. The minimum atomic E-state index is -0.394. The number of benzene rings is 1. The van der Waals surface area contributed by atoms with Crippen LogP contribution in [0.15, 0.2) is 30.5 Å². The molecule has 1 heterocycles. The zero-order chi connectivity index (χ0) is 14.5. The zero-order valence-electron chi connectivity index (χ0n) is 11.4. The summed E-state index contributed by atoms with van der Waals surface area (Å²) in [5.41, 5.74) is 1.97. The third-order valence-corrected chi connectivity index (χ3v) is 3.20. The van der Waals surface area contributed by atoms with Gasteiger partial charge >= 0.3 is 5.97 Å². The van der Waals surface area contributed by atoms with E-state index >= 15 is 0 Å². The van der Waals surface area contributed by atoms with Gasteiger partial charge in [-0.3, -0.25) is 0 Å². The molecular formula is C15H15ClN2O2. The van der Waals surface area contributed by atoms with E-state index in [0.717, 1.165) is 5.56 Å². The van der Waals surface area contributed by atoms with Crippen LogP contribution in [0.25, 0.3) is 0 Å². The fraction of sp³-hybridized carbons (Fsp3) is 0.267. The Balaban J connectivity index is 2.21. The Labute approximate surface area is 122 Å². The van der Waals surface area contributed by atoms with Crippen molar-refractivity contribution in [2.24, 2.45) is 0 Å². The number of esters is 1. The molecule has 0 aliphatic rings. The first kappa shape index (κ1) is 14.5. The Morgan fingerprint density at radius 2 is 2.10 bits per heavy atom. The number of hydrogen-bond acceptors (Lipinski definition) is 4. The van der Waals surface area contributed by atoms with Gasteiger partial charge in [-0.2, -0.15) is 0 Å². The number of hydrogen-bond donors (Lipinski definition) is 0. The highest BCUT2D eigenvalue weighted by Crippen LogP contribution is 2.18. The lowest BCUT2D eigenvalue weighted by atomic mass is 10.1. The van der Waals surface area contributed by atoms with Crippen molar-refractivity contribution in [1.29, 1.82) is 0 Å². The Bertz CT molecular complexity index is 629. The van der Waals surface area contributed by atoms with Crippen molar-refractivity contribution in [3.8, 4) is 0 Å². The summed E-state index contributed by atoms with van der Waals surface area (Å²) in [6, 6.07) is 7.56. The Morgan fingerprint density at radius 3 is 2.75 bits per heavy atom. The van der Waals surface area contributed by atoms with Crippen LogP contribution in [0.1, 0.15) is 34.4 Å². The van der Waals surface area contributed by atoms with Gasteiger partial charge < -0.3 is 4.74 Å². The summed E-state index contributed by atoms with van der Waals surface area (Å²) in [7, 11) is 0. The summed E-state index contributed by atoms with van der Waals surface area (Å²) in [6.07, 6.45) is 2.04. The molecule has 0 amide bonds. The van der Waals surface area contributed by atoms with E-state index in [2.05, 4.69) is 9.97 Å². The van der Waals surface area contributed by atoms with Gasteiger partial charge in [-0.05, 0) is 25.5 Å². The fourth-order valence-corrected chi connectivity index (χ4v) is 2.02. The standard InChI is InChI=1S/C15H15ClN2O2/c1-3-20-15(19)12-9-17-14(18-10(12)2)8-11-6-4-5-7-13(11)16/h4-7,9H,3,8H2,1-2H3. The zero-order valence-corrected chi connectivity index (χ0v) is 12.1. The van der Waals surface area contributed by atoms with E-state index in [1.165, 1.54) is 6.20 Å². The topological polar surface area (TPSA) is 52.1 Å². The van der Waals surface area contributed by atoms with Crippen LogP contribution >= 0.6 is 11.6 Å². The summed E-state index contributed by atoms with van der Waals surface area (Å²) >= 11 is 6.11. The molecule has 0 N–H and O–H groups in total. The molecule has 2 aromatic rings. The molecular weight excluding hydrogens is 276 g/mol. The van der Waals surface area contributed by atoms with Crippen LogP contribution in [0.5, 0.6) is 0 Å². The second-order valence-electron chi connectivity index (χ2n) is 4.27. The molecule has 0 unspecified atom stereocenters. The predicted molar refractivity (Wildman–Crippen MR) is 77.0 cm³/mol. The molecule has 0 bridgehead atoms. The van der Waals surface area contributed by atoms with Crippen molar-refractivity contribution < 1.29 is 9.53 Å². The first-order chi connectivity index (χ1) is 9.61. The minimum Gasteiger partial charge on any atom is -0.462 e. The Kier molecular flexibility index (Phi) is 4.69. The van der Waals surface area contributed by atoms with Crippen LogP contribution in [0.3, 0.4) is 0 Å². The molecule has 1 aromatic carbocycles. The van der Waals surface area contributed by atoms with Crippen molar-refractivity contribution in [2.45, 2.75) is 20.3 Å². The van der Waals surface area contributed by atoms with Gasteiger partial charge in [-0.15, -0.1) is 0 Å². The summed E-state index contributed by atoms with van der Waals surface area (Å²) < 4.78 is 4.95. The molecule has 1 aromatic heterocycles. The number of carbonyl (C=O) groups is 1. The van der Waals surface area contributed by atoms with E-state index < -0.39 is 5.97 Å². The van der Waals surface area contributed by atoms with Gasteiger partial charge in [0.15, 0.2) is 0 Å². The number of ether oxygens (including phenoxy) is 1. The van der Waals surface area contributed by atoms with Crippen LogP contribution in [0, 0.1) is 6.92 Å². The van der Waals surface area contributed by atoms with E-state index in [-0.39, 0.29) is 0 Å². The maximum absolute atomic E-state index is 11.7. The largest absolute Gasteiger partial charge is 0.462 e. The lowest BCUT2D eigenvalue weighted by molar-refractivity contribution is 0.0524. The lowest BCUT2D eigenvalue weighted by Gasteiger charge is -2.07. The molecule has 5 heteroatoms. The SMILES string of the molecule is CCOC(=O)c1cnc(Cc2ccccc2Cl)nc1C. The smallest absolute Gasteiger partial charge is 0.341 e. The van der Waals surface area contributed by atoms with Gasteiger partial charge in [0.2, 0.25) is 0 Å².